The minimum Gasteiger partial charge on any atom is -0.455 e. The monoisotopic (exact) mass is 1350 g/mol. The zero-order valence-electron chi connectivity index (χ0n) is 57.1. The molecule has 0 amide bonds. The lowest BCUT2D eigenvalue weighted by atomic mass is 9.86. The summed E-state index contributed by atoms with van der Waals surface area (Å²) in [5.74, 6) is 3.34. The summed E-state index contributed by atoms with van der Waals surface area (Å²) >= 11 is 0. The molecule has 20 aromatic rings. The van der Waals surface area contributed by atoms with Crippen molar-refractivity contribution in [2.75, 3.05) is 0 Å². The fourth-order valence-electron chi connectivity index (χ4n) is 15.3. The molecule has 8 nitrogen and oxygen atoms in total. The van der Waals surface area contributed by atoms with Crippen LogP contribution in [0.3, 0.4) is 0 Å². The molecular weight excluding hydrogens is 1290 g/mol. The van der Waals surface area contributed by atoms with E-state index >= 15 is 0 Å². The summed E-state index contributed by atoms with van der Waals surface area (Å²) in [6, 6.07) is 128. The molecule has 8 heteroatoms. The van der Waals surface area contributed by atoms with Gasteiger partial charge in [-0.25, -0.2) is 29.9 Å². The average molecular weight is 1350 g/mol. The lowest BCUT2D eigenvalue weighted by Gasteiger charge is -2.18. The molecule has 0 aliphatic carbocycles. The zero-order chi connectivity index (χ0) is 70.0. The van der Waals surface area contributed by atoms with Crippen LogP contribution in [0.4, 0.5) is 0 Å². The van der Waals surface area contributed by atoms with Crippen molar-refractivity contribution in [2.45, 2.75) is 0 Å². The van der Waals surface area contributed by atoms with Crippen molar-refractivity contribution in [3.8, 4) is 146 Å². The minimum absolute atomic E-state index is 0.519. The summed E-state index contributed by atoms with van der Waals surface area (Å²) in [7, 11) is 0. The van der Waals surface area contributed by atoms with Gasteiger partial charge in [0.15, 0.2) is 34.9 Å². The highest BCUT2D eigenvalue weighted by molar-refractivity contribution is 6.13. The second-order valence-electron chi connectivity index (χ2n) is 26.7. The van der Waals surface area contributed by atoms with Gasteiger partial charge in [-0.1, -0.05) is 328 Å². The minimum atomic E-state index is 0.519. The Kier molecular flexibility index (Phi) is 15.0. The molecule has 4 aromatic heterocycles. The average Bonchev–Trinajstić information content (AvgIpc) is 1.05. The highest BCUT2D eigenvalue weighted by Crippen LogP contribution is 2.47. The maximum absolute atomic E-state index is 7.07. The van der Waals surface area contributed by atoms with Crippen LogP contribution in [0.5, 0.6) is 0 Å². The molecule has 4 heterocycles. The summed E-state index contributed by atoms with van der Waals surface area (Å²) in [4.78, 5) is 31.1. The van der Waals surface area contributed by atoms with Crippen molar-refractivity contribution in [3.05, 3.63) is 364 Å². The molecule has 494 valence electrons. The Hall–Kier alpha value is -14.3. The van der Waals surface area contributed by atoms with Gasteiger partial charge in [-0.15, -0.1) is 0 Å². The largest absolute Gasteiger partial charge is 0.455 e. The molecule has 20 rings (SSSR count). The molecule has 0 saturated carbocycles. The van der Waals surface area contributed by atoms with Crippen LogP contribution >= 0.6 is 0 Å². The number of aromatic nitrogens is 6. The molecule has 0 bridgehead atoms. The second kappa shape index (κ2) is 25.9. The number of rotatable bonds is 13. The molecule has 0 fully saturated rings. The van der Waals surface area contributed by atoms with Crippen LogP contribution in [-0.2, 0) is 0 Å². The smallest absolute Gasteiger partial charge is 0.167 e. The first-order chi connectivity index (χ1) is 52.5. The van der Waals surface area contributed by atoms with Crippen LogP contribution in [0.1, 0.15) is 0 Å². The Morgan fingerprint density at radius 2 is 0.519 bits per heavy atom. The highest BCUT2D eigenvalue weighted by atomic mass is 16.3. The van der Waals surface area contributed by atoms with Gasteiger partial charge in [0.1, 0.15) is 22.3 Å². The third-order valence-electron chi connectivity index (χ3n) is 20.5. The molecule has 0 aliphatic rings. The van der Waals surface area contributed by atoms with E-state index in [4.69, 9.17) is 38.7 Å². The predicted molar refractivity (Wildman–Crippen MR) is 433 cm³/mol. The maximum atomic E-state index is 7.07. The number of para-hydroxylation sites is 3. The molecule has 0 unspecified atom stereocenters. The standard InChI is InChI=1S/C98H60N6O2/c1-5-23-61(24-6-1)74-57-58-78(77-35-17-15-32-72(77)64-43-47-68(48-44-64)95-99-93(66-28-9-3-10-29-66)101-97(103-95)85-40-21-38-83-80-36-19-20-42-88(80)105-91(83)85)79-55-52-70(59-87(74)79)71-53-56-81-84-39-22-41-86(92(84)106-89(81)60-71)98-102-94(67-30-11-4-12-31-67)100-96(104-98)69-49-45-65(46-50-69)73-33-16-18-37-82(73)90-75-34-14-13-27-63(75)51-54-76(90)62-25-7-2-8-26-62/h1-60H. The molecule has 0 spiro atoms. The summed E-state index contributed by atoms with van der Waals surface area (Å²) < 4.78 is 13.6. The molecule has 0 N–H and O–H groups in total. The molecule has 106 heavy (non-hydrogen) atoms. The summed E-state index contributed by atoms with van der Waals surface area (Å²) in [6.07, 6.45) is 0. The third kappa shape index (κ3) is 11.0. The molecule has 0 saturated heterocycles. The number of furan rings is 2. The van der Waals surface area contributed by atoms with E-state index in [0.29, 0.717) is 40.5 Å². The van der Waals surface area contributed by atoms with Crippen LogP contribution in [0.2, 0.25) is 0 Å². The van der Waals surface area contributed by atoms with E-state index in [2.05, 4.69) is 273 Å². The van der Waals surface area contributed by atoms with Crippen molar-refractivity contribution >= 4 is 65.4 Å². The number of fused-ring (bicyclic) bond motifs is 8. The fourth-order valence-corrected chi connectivity index (χ4v) is 15.3. The predicted octanol–water partition coefficient (Wildman–Crippen LogP) is 25.8. The van der Waals surface area contributed by atoms with E-state index in [9.17, 15) is 0 Å². The topological polar surface area (TPSA) is 104 Å². The SMILES string of the molecule is c1ccc(-c2nc(-c3ccc(-c4ccccc4-c4ccc(-c5ccccc5)c5cc(-c6ccc7c(c6)oc6c(-c8nc(-c9ccccc9)nc(-c9ccc(-c%10ccccc%10-c%10c(-c%11ccccc%11)ccc%11ccccc%10%11)cc9)n8)cccc67)ccc45)cc3)nc(-c3cccc4c3oc3ccccc34)n2)cc1. The van der Waals surface area contributed by atoms with Crippen molar-refractivity contribution in [1.82, 2.24) is 29.9 Å². The first-order valence-electron chi connectivity index (χ1n) is 35.6. The Balaban J connectivity index is 0.646. The molecule has 16 aromatic carbocycles. The van der Waals surface area contributed by atoms with E-state index in [1.54, 1.807) is 0 Å². The number of nitrogens with zero attached hydrogens (tertiary/aromatic N) is 6. The Morgan fingerprint density at radius 3 is 1.09 bits per heavy atom. The van der Waals surface area contributed by atoms with Crippen LogP contribution in [-0.4, -0.2) is 29.9 Å². The van der Waals surface area contributed by atoms with Gasteiger partial charge < -0.3 is 8.83 Å². The van der Waals surface area contributed by atoms with Crippen molar-refractivity contribution in [1.29, 1.82) is 0 Å². The third-order valence-corrected chi connectivity index (χ3v) is 20.5. The number of benzene rings is 16. The Bertz CT molecular complexity index is 6800. The van der Waals surface area contributed by atoms with E-state index in [-0.39, 0.29) is 0 Å². The molecule has 0 radical (unpaired) electrons. The van der Waals surface area contributed by atoms with Gasteiger partial charge in [0.25, 0.3) is 0 Å². The highest BCUT2D eigenvalue weighted by Gasteiger charge is 2.24. The van der Waals surface area contributed by atoms with Gasteiger partial charge in [0.05, 0.1) is 11.1 Å². The Morgan fingerprint density at radius 1 is 0.160 bits per heavy atom. The van der Waals surface area contributed by atoms with Crippen LogP contribution in [0, 0.1) is 0 Å². The zero-order valence-corrected chi connectivity index (χ0v) is 57.1. The first kappa shape index (κ1) is 61.5. The van der Waals surface area contributed by atoms with Gasteiger partial charge in [-0.3, -0.25) is 0 Å². The maximum Gasteiger partial charge on any atom is 0.167 e. The molecule has 0 atom stereocenters. The molecular formula is C98H60N6O2. The van der Waals surface area contributed by atoms with E-state index in [1.807, 2.05) is 91.0 Å². The molecule has 0 aliphatic heterocycles. The lowest BCUT2D eigenvalue weighted by Crippen LogP contribution is -2.00. The van der Waals surface area contributed by atoms with Gasteiger partial charge in [-0.2, -0.15) is 0 Å². The van der Waals surface area contributed by atoms with Gasteiger partial charge in [-0.05, 0) is 136 Å². The fraction of sp³-hybridized carbons (Fsp3) is 0. The van der Waals surface area contributed by atoms with Crippen molar-refractivity contribution < 1.29 is 8.83 Å². The quantitative estimate of drug-likeness (QED) is 0.112. The van der Waals surface area contributed by atoms with Gasteiger partial charge in [0.2, 0.25) is 0 Å². The lowest BCUT2D eigenvalue weighted by molar-refractivity contribution is 0.669. The first-order valence-corrected chi connectivity index (χ1v) is 35.6. The van der Waals surface area contributed by atoms with E-state index in [0.717, 1.165) is 144 Å². The van der Waals surface area contributed by atoms with Crippen LogP contribution in [0.15, 0.2) is 373 Å². The normalized spacial score (nSPS) is 11.6. The van der Waals surface area contributed by atoms with E-state index < -0.39 is 0 Å². The van der Waals surface area contributed by atoms with Crippen molar-refractivity contribution in [2.24, 2.45) is 0 Å². The van der Waals surface area contributed by atoms with Crippen LogP contribution < -0.4 is 0 Å². The number of hydrogen-bond acceptors (Lipinski definition) is 8. The summed E-state index contributed by atoms with van der Waals surface area (Å²) in [5.41, 5.74) is 23.8. The van der Waals surface area contributed by atoms with Crippen molar-refractivity contribution in [3.63, 3.8) is 0 Å². The summed E-state index contributed by atoms with van der Waals surface area (Å²) in [5, 5.41) is 8.70. The summed E-state index contributed by atoms with van der Waals surface area (Å²) in [6.45, 7) is 0. The van der Waals surface area contributed by atoms with Crippen LogP contribution in [0.25, 0.3) is 212 Å². The van der Waals surface area contributed by atoms with E-state index in [1.165, 1.54) is 27.5 Å². The van der Waals surface area contributed by atoms with Gasteiger partial charge in [0, 0.05) is 43.8 Å². The van der Waals surface area contributed by atoms with Gasteiger partial charge >= 0.3 is 0 Å². The second-order valence-corrected chi connectivity index (χ2v) is 26.7. The number of hydrogen-bond donors (Lipinski definition) is 0. The Labute approximate surface area is 610 Å².